The van der Waals surface area contributed by atoms with Crippen LogP contribution in [0.2, 0.25) is 0 Å². The Balaban J connectivity index is 0. The van der Waals surface area contributed by atoms with Crippen LogP contribution in [0, 0.1) is 5.92 Å². The quantitative estimate of drug-likeness (QED) is 0.620. The summed E-state index contributed by atoms with van der Waals surface area (Å²) in [5.41, 5.74) is 0. The van der Waals surface area contributed by atoms with E-state index in [0.717, 1.165) is 6.42 Å². The van der Waals surface area contributed by atoms with E-state index >= 15 is 0 Å². The molecule has 2 aromatic carbocycles. The number of aromatic hydroxyl groups is 1. The van der Waals surface area contributed by atoms with Gasteiger partial charge < -0.3 is 10.2 Å². The summed E-state index contributed by atoms with van der Waals surface area (Å²) in [4.78, 5) is 0. The van der Waals surface area contributed by atoms with Crippen molar-refractivity contribution in [3.8, 4) is 5.75 Å². The maximum absolute atomic E-state index is 8.63. The Morgan fingerprint density at radius 1 is 0.783 bits per heavy atom. The Morgan fingerprint density at radius 3 is 1.22 bits per heavy atom. The average Bonchev–Trinajstić information content (AvgIpc) is 2.50. The van der Waals surface area contributed by atoms with E-state index < -0.39 is 4.30 Å². The Labute approximate surface area is 154 Å². The summed E-state index contributed by atoms with van der Waals surface area (Å²) in [5.74, 6) is 0.970. The summed E-state index contributed by atoms with van der Waals surface area (Å²) in [6.07, 6.45) is 0.931. The molecule has 5 heteroatoms. The summed E-state index contributed by atoms with van der Waals surface area (Å²) >= 11 is 14.4. The number of benzene rings is 2. The van der Waals surface area contributed by atoms with E-state index in [1.54, 1.807) is 24.3 Å². The molecule has 0 aliphatic rings. The van der Waals surface area contributed by atoms with Crippen LogP contribution in [-0.4, -0.2) is 21.1 Å². The van der Waals surface area contributed by atoms with E-state index in [2.05, 4.69) is 13.8 Å². The van der Waals surface area contributed by atoms with Crippen LogP contribution in [0.4, 0.5) is 0 Å². The van der Waals surface area contributed by atoms with Crippen LogP contribution in [0.1, 0.15) is 20.3 Å². The number of aliphatic hydroxyl groups is 1. The lowest BCUT2D eigenvalue weighted by Crippen LogP contribution is -1.89. The molecule has 130 valence electrons. The molecule has 0 fully saturated rings. The van der Waals surface area contributed by atoms with Crippen molar-refractivity contribution < 1.29 is 10.2 Å². The zero-order chi connectivity index (χ0) is 17.9. The van der Waals surface area contributed by atoms with Crippen molar-refractivity contribution in [1.82, 2.24) is 0 Å². The molecule has 0 atom stereocenters. The van der Waals surface area contributed by atoms with E-state index in [1.165, 1.54) is 0 Å². The molecule has 0 aliphatic heterocycles. The molecule has 0 bridgehead atoms. The van der Waals surface area contributed by atoms with Crippen LogP contribution < -0.4 is 0 Å². The summed E-state index contributed by atoms with van der Waals surface area (Å²) in [5, 5.41) is 16.9. The number of alkyl halides is 3. The normalized spacial score (nSPS) is 8.87. The number of hydrogen-bond acceptors (Lipinski definition) is 2. The first kappa shape index (κ1) is 24.3. The number of halogens is 3. The number of phenolic OH excluding ortho intramolecular Hbond substituents is 1. The number of hydrogen-bond donors (Lipinski definition) is 2. The molecule has 0 heterocycles. The minimum Gasteiger partial charge on any atom is -0.508 e. The topological polar surface area (TPSA) is 40.5 Å². The lowest BCUT2D eigenvalue weighted by molar-refractivity contribution is 0.268. The summed E-state index contributed by atoms with van der Waals surface area (Å²) < 4.78 is -0.750. The van der Waals surface area contributed by atoms with Gasteiger partial charge in [-0.15, -0.1) is 0 Å². The molecule has 2 rings (SSSR count). The molecule has 2 N–H and O–H groups in total. The summed E-state index contributed by atoms with van der Waals surface area (Å²) in [6.45, 7) is 4.52. The molecule has 0 amide bonds. The first-order chi connectivity index (χ1) is 10.9. The molecule has 23 heavy (non-hydrogen) atoms. The molecule has 0 aliphatic carbocycles. The van der Waals surface area contributed by atoms with Gasteiger partial charge in [-0.05, 0) is 24.5 Å². The Bertz CT molecular complexity index is 393. The van der Waals surface area contributed by atoms with Gasteiger partial charge in [-0.1, -0.05) is 103 Å². The van der Waals surface area contributed by atoms with Crippen molar-refractivity contribution in [3.05, 3.63) is 66.7 Å². The highest BCUT2D eigenvalue weighted by molar-refractivity contribution is 6.63. The van der Waals surface area contributed by atoms with Gasteiger partial charge in [0.05, 0.1) is 0 Å². The van der Waals surface area contributed by atoms with Crippen molar-refractivity contribution in [2.24, 2.45) is 5.92 Å². The number of para-hydroxylation sites is 1. The summed E-state index contributed by atoms with van der Waals surface area (Å²) in [6, 6.07) is 20.7. The van der Waals surface area contributed by atoms with E-state index in [-0.39, 0.29) is 0 Å². The monoisotopic (exact) mass is 378 g/mol. The fourth-order valence-electron chi connectivity index (χ4n) is 1.07. The molecule has 0 aromatic heterocycles. The molecule has 0 radical (unpaired) electrons. The smallest absolute Gasteiger partial charge is 0.180 e. The SMILES string of the molecule is CC(C)CCO.ClC(Cl)Cl.Oc1ccccc1.c1ccccc1. The van der Waals surface area contributed by atoms with E-state index in [4.69, 9.17) is 45.0 Å². The van der Waals surface area contributed by atoms with Crippen LogP contribution in [0.3, 0.4) is 0 Å². The molecule has 2 nitrogen and oxygen atoms in total. The zero-order valence-corrected chi connectivity index (χ0v) is 15.7. The third-order valence-corrected chi connectivity index (χ3v) is 2.13. The van der Waals surface area contributed by atoms with Crippen LogP contribution in [0.25, 0.3) is 0 Å². The molecule has 2 aromatic rings. The van der Waals surface area contributed by atoms with Gasteiger partial charge in [-0.2, -0.15) is 0 Å². The Hall–Kier alpha value is -0.930. The van der Waals surface area contributed by atoms with Crippen molar-refractivity contribution in [2.45, 2.75) is 24.6 Å². The molecular weight excluding hydrogens is 355 g/mol. The van der Waals surface area contributed by atoms with Crippen molar-refractivity contribution in [3.63, 3.8) is 0 Å². The molecule has 0 unspecified atom stereocenters. The van der Waals surface area contributed by atoms with Gasteiger partial charge in [-0.25, -0.2) is 0 Å². The van der Waals surface area contributed by atoms with Gasteiger partial charge in [0.15, 0.2) is 4.30 Å². The maximum Gasteiger partial charge on any atom is 0.180 e. The Morgan fingerprint density at radius 2 is 1.09 bits per heavy atom. The third-order valence-electron chi connectivity index (χ3n) is 2.13. The van der Waals surface area contributed by atoms with E-state index in [0.29, 0.717) is 18.3 Å². The lowest BCUT2D eigenvalue weighted by atomic mass is 10.2. The highest BCUT2D eigenvalue weighted by Gasteiger charge is 1.86. The first-order valence-corrected chi connectivity index (χ1v) is 8.48. The van der Waals surface area contributed by atoms with E-state index in [1.807, 2.05) is 42.5 Å². The largest absolute Gasteiger partial charge is 0.508 e. The van der Waals surface area contributed by atoms with Crippen molar-refractivity contribution in [1.29, 1.82) is 0 Å². The number of aliphatic hydroxyl groups excluding tert-OH is 1. The van der Waals surface area contributed by atoms with Gasteiger partial charge in [0.25, 0.3) is 0 Å². The highest BCUT2D eigenvalue weighted by Crippen LogP contribution is 2.04. The van der Waals surface area contributed by atoms with Gasteiger partial charge in [0.2, 0.25) is 0 Å². The second kappa shape index (κ2) is 19.1. The zero-order valence-electron chi connectivity index (χ0n) is 13.4. The molecule has 0 spiro atoms. The molecular formula is C18H25Cl3O2. The number of rotatable bonds is 2. The maximum atomic E-state index is 8.63. The van der Waals surface area contributed by atoms with Crippen LogP contribution in [-0.2, 0) is 0 Å². The van der Waals surface area contributed by atoms with Gasteiger partial charge >= 0.3 is 0 Å². The molecule has 0 saturated heterocycles. The van der Waals surface area contributed by atoms with E-state index in [9.17, 15) is 0 Å². The number of phenols is 1. The van der Waals surface area contributed by atoms with Gasteiger partial charge in [0.1, 0.15) is 5.75 Å². The standard InChI is InChI=1S/C6H6O.C6H6.C5H12O.CHCl3/c7-6-4-2-1-3-5-6;1-2-4-6-5-3-1;1-5(2)3-4-6;2-1(3)4/h1-5,7H;1-6H;5-6H,3-4H2,1-2H3;1H. The minimum atomic E-state index is -0.750. The second-order valence-electron chi connectivity index (χ2n) is 4.64. The minimum absolute atomic E-state index is 0.322. The predicted molar refractivity (Wildman–Crippen MR) is 102 cm³/mol. The second-order valence-corrected chi connectivity index (χ2v) is 6.62. The Kier molecular flexibility index (Phi) is 20.2. The van der Waals surface area contributed by atoms with Gasteiger partial charge in [-0.3, -0.25) is 0 Å². The van der Waals surface area contributed by atoms with Crippen molar-refractivity contribution in [2.75, 3.05) is 6.61 Å². The van der Waals surface area contributed by atoms with Crippen LogP contribution in [0.5, 0.6) is 5.75 Å². The fraction of sp³-hybridized carbons (Fsp3) is 0.333. The molecule has 0 saturated carbocycles. The van der Waals surface area contributed by atoms with Crippen LogP contribution in [0.15, 0.2) is 66.7 Å². The van der Waals surface area contributed by atoms with Crippen LogP contribution >= 0.6 is 34.8 Å². The lowest BCUT2D eigenvalue weighted by Gasteiger charge is -1.95. The highest BCUT2D eigenvalue weighted by atomic mass is 35.6. The predicted octanol–water partition coefficient (Wildman–Crippen LogP) is 6.09. The summed E-state index contributed by atoms with van der Waals surface area (Å²) in [7, 11) is 0. The van der Waals surface area contributed by atoms with Crippen molar-refractivity contribution >= 4 is 34.8 Å². The average molecular weight is 380 g/mol. The van der Waals surface area contributed by atoms with Gasteiger partial charge in [0, 0.05) is 6.61 Å². The first-order valence-electron chi connectivity index (χ1n) is 7.17. The third kappa shape index (κ3) is 29.7. The fourth-order valence-corrected chi connectivity index (χ4v) is 1.07.